The summed E-state index contributed by atoms with van der Waals surface area (Å²) in [6, 6.07) is 18.6. The van der Waals surface area contributed by atoms with Crippen LogP contribution < -0.4 is 10.6 Å². The monoisotopic (exact) mass is 761 g/mol. The van der Waals surface area contributed by atoms with Crippen molar-refractivity contribution in [2.24, 2.45) is 0 Å². The van der Waals surface area contributed by atoms with Crippen LogP contribution in [0.15, 0.2) is 60.7 Å². The molecule has 0 spiro atoms. The number of hydrogen-bond acceptors (Lipinski definition) is 11. The SMILES string of the molecule is CC(C)(C)OC(=O)[C@@H](Br)CCC(=O)OCc1ccccc1.CC(C)(C)OC(=O)[C@@H](CCC(=O)OCc1ccccc1)N1CCNCCNCC1. The number of rotatable bonds is 13. The van der Waals surface area contributed by atoms with Crippen LogP contribution in [0.4, 0.5) is 0 Å². The molecule has 2 N–H and O–H groups in total. The van der Waals surface area contributed by atoms with Crippen molar-refractivity contribution in [1.82, 2.24) is 15.5 Å². The van der Waals surface area contributed by atoms with Crippen molar-refractivity contribution in [3.8, 4) is 0 Å². The second-order valence-corrected chi connectivity index (χ2v) is 15.1. The standard InChI is InChI=1S/C22H35N3O4.C16H21BrO4/c1-22(2,3)29-21(27)19(25-15-13-23-11-12-24-14-16-25)9-10-20(26)28-17-18-7-5-4-6-8-18;1-16(2,3)21-15(19)13(17)9-10-14(18)20-11-12-7-5-4-6-8-12/h4-8,19,23-24H,9-17H2,1-3H3;4-8,13H,9-11H2,1-3H3/t19-;13-/m10/s1. The number of benzene rings is 2. The van der Waals surface area contributed by atoms with Gasteiger partial charge < -0.3 is 29.6 Å². The van der Waals surface area contributed by atoms with Crippen molar-refractivity contribution < 1.29 is 38.1 Å². The molecule has 2 atom stereocenters. The van der Waals surface area contributed by atoms with Crippen LogP contribution in [0.25, 0.3) is 0 Å². The number of carbonyl (C=O) groups excluding carboxylic acids is 4. The highest BCUT2D eigenvalue weighted by Gasteiger charge is 2.31. The first kappa shape index (κ1) is 42.8. The zero-order valence-electron chi connectivity index (χ0n) is 30.5. The van der Waals surface area contributed by atoms with Crippen LogP contribution in [0.2, 0.25) is 0 Å². The van der Waals surface area contributed by atoms with Crippen LogP contribution in [0, 0.1) is 0 Å². The lowest BCUT2D eigenvalue weighted by Gasteiger charge is -2.32. The number of nitrogens with zero attached hydrogens (tertiary/aromatic N) is 1. The average molecular weight is 763 g/mol. The van der Waals surface area contributed by atoms with Crippen molar-refractivity contribution in [1.29, 1.82) is 0 Å². The van der Waals surface area contributed by atoms with Gasteiger partial charge in [-0.05, 0) is 65.5 Å². The molecule has 0 saturated carbocycles. The van der Waals surface area contributed by atoms with Crippen LogP contribution in [0.3, 0.4) is 0 Å². The van der Waals surface area contributed by atoms with E-state index < -0.39 is 22.1 Å². The third kappa shape index (κ3) is 19.8. The van der Waals surface area contributed by atoms with Gasteiger partial charge in [0.15, 0.2) is 0 Å². The van der Waals surface area contributed by atoms with Crippen molar-refractivity contribution in [3.63, 3.8) is 0 Å². The van der Waals surface area contributed by atoms with Gasteiger partial charge in [0, 0.05) is 52.1 Å². The van der Waals surface area contributed by atoms with Crippen molar-refractivity contribution in [2.75, 3.05) is 39.3 Å². The summed E-state index contributed by atoms with van der Waals surface area (Å²) in [6.07, 6.45) is 1.07. The molecule has 1 aliphatic heterocycles. The molecular weight excluding hydrogens is 706 g/mol. The fourth-order valence-corrected chi connectivity index (χ4v) is 5.04. The highest BCUT2D eigenvalue weighted by Crippen LogP contribution is 2.18. The van der Waals surface area contributed by atoms with E-state index in [1.54, 1.807) is 20.8 Å². The molecule has 2 aromatic rings. The Labute approximate surface area is 306 Å². The molecule has 1 heterocycles. The number of carbonyl (C=O) groups is 4. The summed E-state index contributed by atoms with van der Waals surface area (Å²) < 4.78 is 21.4. The zero-order valence-corrected chi connectivity index (χ0v) is 32.1. The van der Waals surface area contributed by atoms with Crippen molar-refractivity contribution in [3.05, 3.63) is 71.8 Å². The van der Waals surface area contributed by atoms with Gasteiger partial charge in [-0.2, -0.15) is 0 Å². The van der Waals surface area contributed by atoms with Crippen molar-refractivity contribution in [2.45, 2.75) is 103 Å². The van der Waals surface area contributed by atoms with Crippen LogP contribution >= 0.6 is 15.9 Å². The number of esters is 4. The maximum absolute atomic E-state index is 12.9. The van der Waals surface area contributed by atoms with Gasteiger partial charge in [0.25, 0.3) is 0 Å². The first-order chi connectivity index (χ1) is 23.6. The predicted molar refractivity (Wildman–Crippen MR) is 196 cm³/mol. The van der Waals surface area contributed by atoms with Crippen LogP contribution in [-0.2, 0) is 51.3 Å². The van der Waals surface area contributed by atoms with Gasteiger partial charge in [0.2, 0.25) is 0 Å². The van der Waals surface area contributed by atoms with E-state index in [1.807, 2.05) is 81.4 Å². The summed E-state index contributed by atoms with van der Waals surface area (Å²) in [6.45, 7) is 16.3. The molecule has 12 heteroatoms. The van der Waals surface area contributed by atoms with E-state index in [9.17, 15) is 19.2 Å². The Hall–Kier alpha value is -3.32. The lowest BCUT2D eigenvalue weighted by Crippen LogP contribution is -2.48. The Bertz CT molecular complexity index is 1290. The van der Waals surface area contributed by atoms with E-state index in [1.165, 1.54) is 0 Å². The molecule has 3 rings (SSSR count). The minimum atomic E-state index is -0.570. The molecule has 0 bridgehead atoms. The molecular formula is C38H56BrN3O8. The minimum Gasteiger partial charge on any atom is -0.461 e. The Morgan fingerprint density at radius 2 is 1.08 bits per heavy atom. The molecule has 0 radical (unpaired) electrons. The maximum atomic E-state index is 12.9. The molecule has 11 nitrogen and oxygen atoms in total. The van der Waals surface area contributed by atoms with Crippen LogP contribution in [0.1, 0.15) is 78.4 Å². The number of ether oxygens (including phenoxy) is 4. The lowest BCUT2D eigenvalue weighted by atomic mass is 10.1. The topological polar surface area (TPSA) is 132 Å². The number of alkyl halides is 1. The molecule has 1 saturated heterocycles. The minimum absolute atomic E-state index is 0.169. The Morgan fingerprint density at radius 3 is 1.52 bits per heavy atom. The normalized spacial score (nSPS) is 15.4. The molecule has 50 heavy (non-hydrogen) atoms. The Kier molecular flexibility index (Phi) is 19.3. The van der Waals surface area contributed by atoms with Crippen LogP contribution in [0.5, 0.6) is 0 Å². The van der Waals surface area contributed by atoms with Gasteiger partial charge in [-0.25, -0.2) is 0 Å². The van der Waals surface area contributed by atoms with E-state index in [4.69, 9.17) is 18.9 Å². The number of halogens is 1. The molecule has 0 aromatic heterocycles. The molecule has 2 aromatic carbocycles. The lowest BCUT2D eigenvalue weighted by molar-refractivity contribution is -0.162. The molecule has 0 amide bonds. The van der Waals surface area contributed by atoms with Gasteiger partial charge in [0.1, 0.15) is 35.3 Å². The third-order valence-electron chi connectivity index (χ3n) is 7.12. The Morgan fingerprint density at radius 1 is 0.660 bits per heavy atom. The first-order valence-corrected chi connectivity index (χ1v) is 18.2. The fourth-order valence-electron chi connectivity index (χ4n) is 4.72. The second kappa shape index (κ2) is 22.5. The number of nitrogens with one attached hydrogen (secondary N) is 2. The van der Waals surface area contributed by atoms with E-state index >= 15 is 0 Å². The third-order valence-corrected chi connectivity index (χ3v) is 7.95. The summed E-state index contributed by atoms with van der Waals surface area (Å²) in [5.41, 5.74) is 0.783. The average Bonchev–Trinajstić information content (AvgIpc) is 3.19. The van der Waals surface area contributed by atoms with Crippen LogP contribution in [-0.4, -0.2) is 90.1 Å². The Balaban J connectivity index is 0.000000366. The first-order valence-electron chi connectivity index (χ1n) is 17.3. The second-order valence-electron chi connectivity index (χ2n) is 14.0. The van der Waals surface area contributed by atoms with Gasteiger partial charge in [0.05, 0.1) is 0 Å². The summed E-state index contributed by atoms with van der Waals surface area (Å²) >= 11 is 3.24. The van der Waals surface area contributed by atoms with E-state index in [0.717, 1.165) is 50.4 Å². The summed E-state index contributed by atoms with van der Waals surface area (Å²) in [5.74, 6) is -1.28. The summed E-state index contributed by atoms with van der Waals surface area (Å²) in [5, 5.41) is 6.71. The van der Waals surface area contributed by atoms with Crippen molar-refractivity contribution >= 4 is 39.8 Å². The van der Waals surface area contributed by atoms with Gasteiger partial charge in [-0.15, -0.1) is 0 Å². The molecule has 1 fully saturated rings. The molecule has 278 valence electrons. The molecule has 0 unspecified atom stereocenters. The van der Waals surface area contributed by atoms with Gasteiger partial charge >= 0.3 is 23.9 Å². The van der Waals surface area contributed by atoms with E-state index in [0.29, 0.717) is 12.8 Å². The highest BCUT2D eigenvalue weighted by molar-refractivity contribution is 9.10. The summed E-state index contributed by atoms with van der Waals surface area (Å²) in [7, 11) is 0. The highest BCUT2D eigenvalue weighted by atomic mass is 79.9. The zero-order chi connectivity index (χ0) is 37.0. The van der Waals surface area contributed by atoms with Gasteiger partial charge in [-0.1, -0.05) is 76.6 Å². The maximum Gasteiger partial charge on any atom is 0.323 e. The molecule has 1 aliphatic rings. The van der Waals surface area contributed by atoms with E-state index in [2.05, 4.69) is 31.5 Å². The number of hydrogen-bond donors (Lipinski definition) is 2. The predicted octanol–water partition coefficient (Wildman–Crippen LogP) is 5.33. The van der Waals surface area contributed by atoms with Gasteiger partial charge in [-0.3, -0.25) is 24.1 Å². The largest absolute Gasteiger partial charge is 0.461 e. The van der Waals surface area contributed by atoms with E-state index in [-0.39, 0.29) is 49.9 Å². The summed E-state index contributed by atoms with van der Waals surface area (Å²) in [4.78, 5) is 50.1. The smallest absolute Gasteiger partial charge is 0.323 e. The quantitative estimate of drug-likeness (QED) is 0.156. The molecule has 0 aliphatic carbocycles. The fraction of sp³-hybridized carbons (Fsp3) is 0.579.